The number of piperidine rings is 1. The molecular weight excluding hydrogens is 240 g/mol. The molecule has 0 aliphatic carbocycles. The number of rotatable bonds is 4. The zero-order chi connectivity index (χ0) is 14.3. The Morgan fingerprint density at radius 2 is 2.16 bits per heavy atom. The van der Waals surface area contributed by atoms with Gasteiger partial charge >= 0.3 is 6.09 Å². The van der Waals surface area contributed by atoms with E-state index in [1.807, 2.05) is 25.7 Å². The first-order chi connectivity index (χ1) is 8.92. The summed E-state index contributed by atoms with van der Waals surface area (Å²) in [5.74, 6) is 0.569. The highest BCUT2D eigenvalue weighted by molar-refractivity contribution is 5.68. The Morgan fingerprint density at radius 3 is 2.79 bits per heavy atom. The summed E-state index contributed by atoms with van der Waals surface area (Å²) in [7, 11) is 0. The second-order valence-electron chi connectivity index (χ2n) is 6.34. The molecule has 4 heteroatoms. The van der Waals surface area contributed by atoms with Crippen LogP contribution in [0.15, 0.2) is 0 Å². The van der Waals surface area contributed by atoms with Gasteiger partial charge in [0.1, 0.15) is 5.60 Å². The minimum Gasteiger partial charge on any atom is -0.444 e. The van der Waals surface area contributed by atoms with Gasteiger partial charge in [-0.3, -0.25) is 0 Å². The molecule has 0 aromatic carbocycles. The Bertz CT molecular complexity index is 328. The third-order valence-electron chi connectivity index (χ3n) is 3.32. The topological polar surface area (TPSA) is 53.3 Å². The number of ether oxygens (including phenoxy) is 1. The van der Waals surface area contributed by atoms with Crippen molar-refractivity contribution in [2.24, 2.45) is 5.92 Å². The molecule has 1 saturated heterocycles. The fraction of sp³-hybridized carbons (Fsp3) is 0.867. The van der Waals surface area contributed by atoms with Crippen LogP contribution >= 0.6 is 0 Å². The quantitative estimate of drug-likeness (QED) is 0.729. The average Bonchev–Trinajstić information content (AvgIpc) is 2.33. The van der Waals surface area contributed by atoms with Gasteiger partial charge in [0.15, 0.2) is 0 Å². The molecule has 4 nitrogen and oxygen atoms in total. The molecule has 0 spiro atoms. The highest BCUT2D eigenvalue weighted by atomic mass is 16.6. The number of carbonyl (C=O) groups is 1. The van der Waals surface area contributed by atoms with Crippen LogP contribution in [0, 0.1) is 17.2 Å². The summed E-state index contributed by atoms with van der Waals surface area (Å²) >= 11 is 0. The molecule has 0 radical (unpaired) electrons. The molecule has 1 amide bonds. The summed E-state index contributed by atoms with van der Waals surface area (Å²) in [6, 6.07) is 2.17. The lowest BCUT2D eigenvalue weighted by molar-refractivity contribution is 0.0160. The van der Waals surface area contributed by atoms with Crippen LogP contribution in [0.25, 0.3) is 0 Å². The highest BCUT2D eigenvalue weighted by Crippen LogP contribution is 2.23. The van der Waals surface area contributed by atoms with Crippen molar-refractivity contribution in [1.29, 1.82) is 5.26 Å². The normalized spacial score (nSPS) is 19.9. The maximum atomic E-state index is 12.0. The molecule has 1 atom stereocenters. The Hall–Kier alpha value is -1.24. The van der Waals surface area contributed by atoms with Gasteiger partial charge in [-0.05, 0) is 52.4 Å². The number of unbranched alkanes of at least 4 members (excludes halogenated alkanes) is 2. The standard InChI is InChI=1S/C15H26N2O2/c1-15(2,3)19-14(18)17-11-7-9-13(12-17)8-5-4-6-10-16/h13H,4-9,11-12H2,1-3H3. The largest absolute Gasteiger partial charge is 0.444 e. The lowest BCUT2D eigenvalue weighted by atomic mass is 9.93. The van der Waals surface area contributed by atoms with Crippen LogP contribution in [-0.2, 0) is 4.74 Å². The molecule has 1 rings (SSSR count). The van der Waals surface area contributed by atoms with Crippen molar-refractivity contribution in [3.63, 3.8) is 0 Å². The van der Waals surface area contributed by atoms with E-state index in [1.54, 1.807) is 0 Å². The highest BCUT2D eigenvalue weighted by Gasteiger charge is 2.27. The van der Waals surface area contributed by atoms with Crippen molar-refractivity contribution in [3.05, 3.63) is 0 Å². The number of nitriles is 1. The van der Waals surface area contributed by atoms with Crippen LogP contribution in [-0.4, -0.2) is 29.7 Å². The number of hydrogen-bond acceptors (Lipinski definition) is 3. The van der Waals surface area contributed by atoms with Crippen molar-refractivity contribution in [2.45, 2.75) is 64.9 Å². The van der Waals surface area contributed by atoms with E-state index in [0.29, 0.717) is 12.3 Å². The zero-order valence-electron chi connectivity index (χ0n) is 12.4. The summed E-state index contributed by atoms with van der Waals surface area (Å²) in [5, 5.41) is 8.51. The van der Waals surface area contributed by atoms with E-state index in [4.69, 9.17) is 10.00 Å². The first-order valence-corrected chi connectivity index (χ1v) is 7.27. The SMILES string of the molecule is CC(C)(C)OC(=O)N1CCCC(CCCCC#N)C1. The molecule has 1 unspecified atom stereocenters. The van der Waals surface area contributed by atoms with Crippen molar-refractivity contribution >= 4 is 6.09 Å². The lowest BCUT2D eigenvalue weighted by Gasteiger charge is -2.34. The molecular formula is C15H26N2O2. The fourth-order valence-electron chi connectivity index (χ4n) is 2.43. The third kappa shape index (κ3) is 6.47. The van der Waals surface area contributed by atoms with Crippen LogP contribution in [0.2, 0.25) is 0 Å². The third-order valence-corrected chi connectivity index (χ3v) is 3.32. The second kappa shape index (κ2) is 7.37. The van der Waals surface area contributed by atoms with E-state index in [1.165, 1.54) is 6.42 Å². The molecule has 108 valence electrons. The zero-order valence-corrected chi connectivity index (χ0v) is 12.4. The summed E-state index contributed by atoms with van der Waals surface area (Å²) in [4.78, 5) is 13.8. The number of hydrogen-bond donors (Lipinski definition) is 0. The Labute approximate surface area is 116 Å². The molecule has 0 aromatic rings. The minimum atomic E-state index is -0.420. The van der Waals surface area contributed by atoms with Gasteiger partial charge in [0.25, 0.3) is 0 Å². The van der Waals surface area contributed by atoms with Gasteiger partial charge in [-0.15, -0.1) is 0 Å². The maximum absolute atomic E-state index is 12.0. The minimum absolute atomic E-state index is 0.186. The molecule has 0 aromatic heterocycles. The maximum Gasteiger partial charge on any atom is 0.410 e. The number of likely N-dealkylation sites (tertiary alicyclic amines) is 1. The second-order valence-corrected chi connectivity index (χ2v) is 6.34. The van der Waals surface area contributed by atoms with Gasteiger partial charge in [-0.2, -0.15) is 5.26 Å². The fourth-order valence-corrected chi connectivity index (χ4v) is 2.43. The molecule has 1 fully saturated rings. The monoisotopic (exact) mass is 266 g/mol. The Balaban J connectivity index is 2.33. The van der Waals surface area contributed by atoms with Crippen molar-refractivity contribution in [2.75, 3.05) is 13.1 Å². The van der Waals surface area contributed by atoms with Crippen molar-refractivity contribution in [1.82, 2.24) is 4.90 Å². The van der Waals surface area contributed by atoms with E-state index in [0.717, 1.165) is 38.8 Å². The first kappa shape index (κ1) is 15.8. The number of carbonyl (C=O) groups excluding carboxylic acids is 1. The van der Waals surface area contributed by atoms with E-state index in [9.17, 15) is 4.79 Å². The summed E-state index contributed by atoms with van der Waals surface area (Å²) in [6.07, 6.45) is 5.87. The molecule has 19 heavy (non-hydrogen) atoms. The van der Waals surface area contributed by atoms with E-state index >= 15 is 0 Å². The van der Waals surface area contributed by atoms with Gasteiger partial charge in [0, 0.05) is 19.5 Å². The van der Waals surface area contributed by atoms with Crippen LogP contribution in [0.3, 0.4) is 0 Å². The van der Waals surface area contributed by atoms with Gasteiger partial charge in [-0.1, -0.05) is 6.42 Å². The smallest absolute Gasteiger partial charge is 0.410 e. The summed E-state index contributed by atoms with van der Waals surface area (Å²) in [6.45, 7) is 7.31. The van der Waals surface area contributed by atoms with Crippen molar-refractivity contribution in [3.8, 4) is 6.07 Å². The lowest BCUT2D eigenvalue weighted by Crippen LogP contribution is -2.42. The first-order valence-electron chi connectivity index (χ1n) is 7.27. The molecule has 0 saturated carbocycles. The summed E-state index contributed by atoms with van der Waals surface area (Å²) in [5.41, 5.74) is -0.420. The van der Waals surface area contributed by atoms with E-state index in [-0.39, 0.29) is 6.09 Å². The average molecular weight is 266 g/mol. The molecule has 1 aliphatic heterocycles. The van der Waals surface area contributed by atoms with Gasteiger partial charge < -0.3 is 9.64 Å². The van der Waals surface area contributed by atoms with Crippen molar-refractivity contribution < 1.29 is 9.53 Å². The van der Waals surface area contributed by atoms with Gasteiger partial charge in [-0.25, -0.2) is 4.79 Å². The van der Waals surface area contributed by atoms with Gasteiger partial charge in [0.2, 0.25) is 0 Å². The van der Waals surface area contributed by atoms with Crippen LogP contribution in [0.5, 0.6) is 0 Å². The van der Waals surface area contributed by atoms with E-state index in [2.05, 4.69) is 6.07 Å². The number of nitrogens with zero attached hydrogens (tertiary/aromatic N) is 2. The van der Waals surface area contributed by atoms with Crippen LogP contribution in [0.1, 0.15) is 59.3 Å². The van der Waals surface area contributed by atoms with Crippen LogP contribution < -0.4 is 0 Å². The Morgan fingerprint density at radius 1 is 1.42 bits per heavy atom. The molecule has 0 bridgehead atoms. The predicted molar refractivity (Wildman–Crippen MR) is 74.6 cm³/mol. The van der Waals surface area contributed by atoms with Crippen LogP contribution in [0.4, 0.5) is 4.79 Å². The molecule has 0 N–H and O–H groups in total. The number of amides is 1. The van der Waals surface area contributed by atoms with E-state index < -0.39 is 5.60 Å². The predicted octanol–water partition coefficient (Wildman–Crippen LogP) is 3.72. The molecule has 1 heterocycles. The van der Waals surface area contributed by atoms with Gasteiger partial charge in [0.05, 0.1) is 6.07 Å². The summed E-state index contributed by atoms with van der Waals surface area (Å²) < 4.78 is 5.41. The molecule has 1 aliphatic rings. The Kier molecular flexibility index (Phi) is 6.14.